The van der Waals surface area contributed by atoms with Gasteiger partial charge < -0.3 is 5.73 Å². The van der Waals surface area contributed by atoms with E-state index < -0.39 is 0 Å². The maximum Gasteiger partial charge on any atom is 0.266 e. The van der Waals surface area contributed by atoms with Crippen LogP contribution in [0.25, 0.3) is 0 Å². The lowest BCUT2D eigenvalue weighted by Gasteiger charge is -1.88. The average Bonchev–Trinajstić information content (AvgIpc) is 1.80. The van der Waals surface area contributed by atoms with Crippen molar-refractivity contribution in [1.82, 2.24) is 9.97 Å². The summed E-state index contributed by atoms with van der Waals surface area (Å²) in [6, 6.07) is 0. The summed E-state index contributed by atoms with van der Waals surface area (Å²) in [4.78, 5) is 16.5. The highest BCUT2D eigenvalue weighted by atomic mass is 79.9. The molecule has 4 nitrogen and oxygen atoms in total. The molecular formula is C4H5Br2N3O. The van der Waals surface area contributed by atoms with Crippen LogP contribution in [0.4, 0.5) is 5.95 Å². The number of aromatic nitrogens is 2. The van der Waals surface area contributed by atoms with Crippen molar-refractivity contribution in [2.24, 2.45) is 0 Å². The van der Waals surface area contributed by atoms with Crippen LogP contribution in [0.3, 0.4) is 0 Å². The molecule has 0 aliphatic rings. The van der Waals surface area contributed by atoms with Crippen LogP contribution in [-0.2, 0) is 0 Å². The van der Waals surface area contributed by atoms with E-state index in [1.807, 2.05) is 0 Å². The summed E-state index contributed by atoms with van der Waals surface area (Å²) in [7, 11) is 0. The SMILES string of the molecule is Br.Nc1ncc(Br)c(=O)[nH]1. The Morgan fingerprint density at radius 1 is 1.70 bits per heavy atom. The van der Waals surface area contributed by atoms with Crippen molar-refractivity contribution < 1.29 is 0 Å². The number of hydrogen-bond donors (Lipinski definition) is 2. The van der Waals surface area contributed by atoms with Crippen molar-refractivity contribution >= 4 is 38.9 Å². The molecule has 0 bridgehead atoms. The number of anilines is 1. The smallest absolute Gasteiger partial charge is 0.266 e. The molecule has 1 aromatic heterocycles. The summed E-state index contributed by atoms with van der Waals surface area (Å²) >= 11 is 2.97. The zero-order chi connectivity index (χ0) is 6.85. The maximum absolute atomic E-state index is 10.6. The molecule has 0 aliphatic heterocycles. The maximum atomic E-state index is 10.6. The van der Waals surface area contributed by atoms with Gasteiger partial charge in [0.15, 0.2) is 5.95 Å². The molecule has 1 aromatic rings. The van der Waals surface area contributed by atoms with Gasteiger partial charge in [-0.2, -0.15) is 0 Å². The Morgan fingerprint density at radius 2 is 2.30 bits per heavy atom. The number of nitrogens with one attached hydrogen (secondary N) is 1. The quantitative estimate of drug-likeness (QED) is 0.729. The second-order valence-electron chi connectivity index (χ2n) is 1.45. The van der Waals surface area contributed by atoms with Gasteiger partial charge in [0.2, 0.25) is 0 Å². The van der Waals surface area contributed by atoms with Crippen molar-refractivity contribution in [2.75, 3.05) is 5.73 Å². The van der Waals surface area contributed by atoms with Gasteiger partial charge in [0, 0.05) is 0 Å². The molecule has 0 amide bonds. The van der Waals surface area contributed by atoms with E-state index in [-0.39, 0.29) is 28.5 Å². The van der Waals surface area contributed by atoms with E-state index in [0.717, 1.165) is 0 Å². The fourth-order valence-corrected chi connectivity index (χ4v) is 0.595. The first kappa shape index (κ1) is 9.64. The van der Waals surface area contributed by atoms with E-state index in [1.165, 1.54) is 6.20 Å². The molecule has 0 unspecified atom stereocenters. The minimum atomic E-state index is -0.262. The molecule has 0 aromatic carbocycles. The number of nitrogens with zero attached hydrogens (tertiary/aromatic N) is 1. The lowest BCUT2D eigenvalue weighted by Crippen LogP contribution is -2.10. The van der Waals surface area contributed by atoms with Gasteiger partial charge in [0.05, 0.1) is 6.20 Å². The fraction of sp³-hybridized carbons (Fsp3) is 0. The van der Waals surface area contributed by atoms with Crippen LogP contribution in [0, 0.1) is 0 Å². The van der Waals surface area contributed by atoms with Crippen LogP contribution in [0.1, 0.15) is 0 Å². The Bertz CT molecular complexity index is 271. The Kier molecular flexibility index (Phi) is 3.59. The highest BCUT2D eigenvalue weighted by Gasteiger charge is 1.92. The molecule has 3 N–H and O–H groups in total. The van der Waals surface area contributed by atoms with Gasteiger partial charge >= 0.3 is 0 Å². The Labute approximate surface area is 75.8 Å². The van der Waals surface area contributed by atoms with E-state index in [0.29, 0.717) is 4.47 Å². The topological polar surface area (TPSA) is 71.8 Å². The molecule has 0 saturated heterocycles. The predicted molar refractivity (Wildman–Crippen MR) is 47.3 cm³/mol. The molecule has 56 valence electrons. The van der Waals surface area contributed by atoms with E-state index >= 15 is 0 Å². The number of hydrogen-bond acceptors (Lipinski definition) is 3. The summed E-state index contributed by atoms with van der Waals surface area (Å²) in [5, 5.41) is 0. The third kappa shape index (κ3) is 2.11. The number of H-pyrrole nitrogens is 1. The molecule has 0 fully saturated rings. The normalized spacial score (nSPS) is 8.50. The molecule has 1 heterocycles. The molecular weight excluding hydrogens is 266 g/mol. The number of nitrogens with two attached hydrogens (primary N) is 1. The van der Waals surface area contributed by atoms with Crippen molar-refractivity contribution in [3.8, 4) is 0 Å². The molecule has 10 heavy (non-hydrogen) atoms. The molecule has 6 heteroatoms. The second-order valence-corrected chi connectivity index (χ2v) is 2.30. The highest BCUT2D eigenvalue weighted by Crippen LogP contribution is 1.97. The third-order valence-corrected chi connectivity index (χ3v) is 1.34. The Balaban J connectivity index is 0.000000810. The Morgan fingerprint density at radius 3 is 2.70 bits per heavy atom. The molecule has 0 saturated carbocycles. The number of rotatable bonds is 0. The molecule has 0 spiro atoms. The second kappa shape index (κ2) is 3.72. The van der Waals surface area contributed by atoms with Crippen molar-refractivity contribution in [3.05, 3.63) is 21.0 Å². The minimum Gasteiger partial charge on any atom is -0.369 e. The summed E-state index contributed by atoms with van der Waals surface area (Å²) in [6.45, 7) is 0. The van der Waals surface area contributed by atoms with Gasteiger partial charge in [-0.1, -0.05) is 0 Å². The van der Waals surface area contributed by atoms with Crippen molar-refractivity contribution in [3.63, 3.8) is 0 Å². The van der Waals surface area contributed by atoms with Gasteiger partial charge in [-0.3, -0.25) is 9.78 Å². The third-order valence-electron chi connectivity index (χ3n) is 0.775. The summed E-state index contributed by atoms with van der Waals surface area (Å²) in [5.74, 6) is 0.128. The monoisotopic (exact) mass is 269 g/mol. The summed E-state index contributed by atoms with van der Waals surface area (Å²) < 4.78 is 0.386. The zero-order valence-electron chi connectivity index (χ0n) is 4.80. The molecule has 1 rings (SSSR count). The predicted octanol–water partition coefficient (Wildman–Crippen LogP) is 0.693. The number of halogens is 2. The van der Waals surface area contributed by atoms with Gasteiger partial charge in [-0.05, 0) is 15.9 Å². The standard InChI is InChI=1S/C4H4BrN3O.BrH/c5-2-1-7-4(6)8-3(2)9;/h1H,(H3,6,7,8,9);1H. The van der Waals surface area contributed by atoms with Crippen LogP contribution < -0.4 is 11.3 Å². The minimum absolute atomic E-state index is 0. The van der Waals surface area contributed by atoms with E-state index in [1.54, 1.807) is 0 Å². The first-order valence-electron chi connectivity index (χ1n) is 2.20. The van der Waals surface area contributed by atoms with E-state index in [4.69, 9.17) is 5.73 Å². The zero-order valence-corrected chi connectivity index (χ0v) is 8.10. The number of nitrogen functional groups attached to an aromatic ring is 1. The van der Waals surface area contributed by atoms with Gasteiger partial charge in [-0.25, -0.2) is 4.98 Å². The average molecular weight is 271 g/mol. The molecule has 0 atom stereocenters. The van der Waals surface area contributed by atoms with Gasteiger partial charge in [0.25, 0.3) is 5.56 Å². The van der Waals surface area contributed by atoms with Crippen molar-refractivity contribution in [1.29, 1.82) is 0 Å². The largest absolute Gasteiger partial charge is 0.369 e. The first-order valence-corrected chi connectivity index (χ1v) is 3.00. The lowest BCUT2D eigenvalue weighted by molar-refractivity contribution is 1.12. The molecule has 0 radical (unpaired) electrons. The van der Waals surface area contributed by atoms with Crippen LogP contribution in [0.15, 0.2) is 15.5 Å². The molecule has 0 aliphatic carbocycles. The summed E-state index contributed by atoms with van der Waals surface area (Å²) in [6.07, 6.45) is 1.36. The van der Waals surface area contributed by atoms with Crippen LogP contribution in [0.2, 0.25) is 0 Å². The van der Waals surface area contributed by atoms with Crippen LogP contribution >= 0.6 is 32.9 Å². The van der Waals surface area contributed by atoms with E-state index in [2.05, 4.69) is 25.9 Å². The van der Waals surface area contributed by atoms with Crippen molar-refractivity contribution in [2.45, 2.75) is 0 Å². The highest BCUT2D eigenvalue weighted by molar-refractivity contribution is 9.10. The fourth-order valence-electron chi connectivity index (χ4n) is 0.393. The lowest BCUT2D eigenvalue weighted by atomic mass is 10.7. The number of aromatic amines is 1. The van der Waals surface area contributed by atoms with Gasteiger partial charge in [-0.15, -0.1) is 17.0 Å². The van der Waals surface area contributed by atoms with Crippen LogP contribution in [-0.4, -0.2) is 9.97 Å². The Hall–Kier alpha value is -0.360. The first-order chi connectivity index (χ1) is 4.20. The van der Waals surface area contributed by atoms with E-state index in [9.17, 15) is 4.79 Å². The summed E-state index contributed by atoms with van der Waals surface area (Å²) in [5.41, 5.74) is 4.88. The van der Waals surface area contributed by atoms with Crippen LogP contribution in [0.5, 0.6) is 0 Å². The van der Waals surface area contributed by atoms with Gasteiger partial charge in [0.1, 0.15) is 4.47 Å².